The van der Waals surface area contributed by atoms with Crippen molar-refractivity contribution in [1.82, 2.24) is 15.1 Å². The molecule has 1 N–H and O–H groups in total. The van der Waals surface area contributed by atoms with E-state index in [4.69, 9.17) is 0 Å². The second kappa shape index (κ2) is 4.10. The van der Waals surface area contributed by atoms with Crippen molar-refractivity contribution >= 4 is 21.6 Å². The molecule has 2 unspecified atom stereocenters. The smallest absolute Gasteiger partial charge is 0.121 e. The van der Waals surface area contributed by atoms with Gasteiger partial charge in [-0.1, -0.05) is 6.92 Å². The Morgan fingerprint density at radius 1 is 1.53 bits per heavy atom. The molecule has 0 bridgehead atoms. The Morgan fingerprint density at radius 2 is 2.35 bits per heavy atom. The predicted molar refractivity (Wildman–Crippen MR) is 72.7 cm³/mol. The molecule has 0 amide bonds. The van der Waals surface area contributed by atoms with E-state index in [0.29, 0.717) is 5.92 Å². The van der Waals surface area contributed by atoms with Gasteiger partial charge in [0.1, 0.15) is 4.83 Å². The van der Waals surface area contributed by atoms with E-state index in [1.165, 1.54) is 28.1 Å². The van der Waals surface area contributed by atoms with Gasteiger partial charge in [-0.25, -0.2) is 0 Å². The molecule has 3 heterocycles. The molecule has 1 aliphatic rings. The molecule has 0 aromatic carbocycles. The minimum Gasteiger partial charge on any atom is -0.316 e. The summed E-state index contributed by atoms with van der Waals surface area (Å²) >= 11 is 1.92. The maximum atomic E-state index is 4.47. The van der Waals surface area contributed by atoms with Crippen molar-refractivity contribution in [1.29, 1.82) is 0 Å². The van der Waals surface area contributed by atoms with Crippen LogP contribution >= 0.6 is 11.3 Å². The molecule has 0 spiro atoms. The summed E-state index contributed by atoms with van der Waals surface area (Å²) in [4.78, 5) is 2.84. The molecule has 0 saturated carbocycles. The number of hydrogen-bond donors (Lipinski definition) is 1. The van der Waals surface area contributed by atoms with Crippen molar-refractivity contribution in [2.45, 2.75) is 26.2 Å². The first-order valence-electron chi connectivity index (χ1n) is 6.30. The van der Waals surface area contributed by atoms with Crippen LogP contribution in [-0.2, 0) is 7.05 Å². The van der Waals surface area contributed by atoms with Gasteiger partial charge in [0.05, 0.1) is 5.69 Å². The summed E-state index contributed by atoms with van der Waals surface area (Å²) in [5, 5.41) is 9.32. The predicted octanol–water partition coefficient (Wildman–Crippen LogP) is 2.66. The molecule has 2 atom stereocenters. The first-order chi connectivity index (χ1) is 8.16. The molecule has 1 fully saturated rings. The first kappa shape index (κ1) is 11.2. The van der Waals surface area contributed by atoms with E-state index in [1.807, 2.05) is 23.1 Å². The average Bonchev–Trinajstić information content (AvgIpc) is 2.83. The highest BCUT2D eigenvalue weighted by molar-refractivity contribution is 7.18. The van der Waals surface area contributed by atoms with Gasteiger partial charge in [0.2, 0.25) is 0 Å². The van der Waals surface area contributed by atoms with Gasteiger partial charge in [-0.2, -0.15) is 5.10 Å². The molecule has 1 saturated heterocycles. The van der Waals surface area contributed by atoms with E-state index >= 15 is 0 Å². The molecule has 2 aromatic rings. The zero-order chi connectivity index (χ0) is 12.0. The van der Waals surface area contributed by atoms with Crippen molar-refractivity contribution in [3.8, 4) is 0 Å². The summed E-state index contributed by atoms with van der Waals surface area (Å²) in [5.41, 5.74) is 1.15. The molecular weight excluding hydrogens is 230 g/mol. The molecular formula is C13H19N3S. The number of aryl methyl sites for hydroxylation is 2. The molecule has 3 nitrogen and oxygen atoms in total. The van der Waals surface area contributed by atoms with E-state index in [1.54, 1.807) is 0 Å². The molecule has 3 rings (SSSR count). The van der Waals surface area contributed by atoms with E-state index in [9.17, 15) is 0 Å². The third-order valence-electron chi connectivity index (χ3n) is 3.91. The van der Waals surface area contributed by atoms with E-state index < -0.39 is 0 Å². The molecule has 0 aliphatic carbocycles. The number of fused-ring (bicyclic) bond motifs is 1. The fourth-order valence-electron chi connectivity index (χ4n) is 2.78. The summed E-state index contributed by atoms with van der Waals surface area (Å²) in [5.74, 6) is 1.47. The van der Waals surface area contributed by atoms with Crippen molar-refractivity contribution in [2.24, 2.45) is 13.0 Å². The van der Waals surface area contributed by atoms with Crippen LogP contribution in [0.25, 0.3) is 10.2 Å². The molecule has 0 radical (unpaired) electrons. The Morgan fingerprint density at radius 3 is 3.06 bits per heavy atom. The lowest BCUT2D eigenvalue weighted by Gasteiger charge is -2.28. The van der Waals surface area contributed by atoms with Crippen molar-refractivity contribution in [3.05, 3.63) is 16.6 Å². The quantitative estimate of drug-likeness (QED) is 0.842. The Balaban J connectivity index is 2.02. The van der Waals surface area contributed by atoms with Crippen LogP contribution in [0.3, 0.4) is 0 Å². The van der Waals surface area contributed by atoms with Crippen LogP contribution in [0.4, 0.5) is 0 Å². The van der Waals surface area contributed by atoms with Crippen LogP contribution in [-0.4, -0.2) is 22.9 Å². The number of nitrogens with one attached hydrogen (secondary N) is 1. The zero-order valence-electron chi connectivity index (χ0n) is 10.7. The highest BCUT2D eigenvalue weighted by Crippen LogP contribution is 2.37. The minimum absolute atomic E-state index is 0.681. The van der Waals surface area contributed by atoms with Crippen LogP contribution in [0.5, 0.6) is 0 Å². The zero-order valence-corrected chi connectivity index (χ0v) is 11.5. The summed E-state index contributed by atoms with van der Waals surface area (Å²) in [6, 6.07) is 2.36. The minimum atomic E-state index is 0.681. The molecule has 2 aromatic heterocycles. The number of rotatable bonds is 1. The highest BCUT2D eigenvalue weighted by atomic mass is 32.1. The van der Waals surface area contributed by atoms with Gasteiger partial charge >= 0.3 is 0 Å². The lowest BCUT2D eigenvalue weighted by atomic mass is 9.87. The van der Waals surface area contributed by atoms with E-state index in [-0.39, 0.29) is 0 Å². The molecule has 92 valence electrons. The number of piperidine rings is 1. The lowest BCUT2D eigenvalue weighted by Crippen LogP contribution is -2.33. The standard InChI is InChI=1S/C13H19N3S/c1-8-4-5-14-7-11(8)12-6-10-9(2)15-16(3)13(10)17-12/h6,8,11,14H,4-5,7H2,1-3H3. The van der Waals surface area contributed by atoms with E-state index in [0.717, 1.165) is 18.2 Å². The van der Waals surface area contributed by atoms with Crippen molar-refractivity contribution < 1.29 is 0 Å². The van der Waals surface area contributed by atoms with Crippen LogP contribution in [0.15, 0.2) is 6.07 Å². The second-order valence-electron chi connectivity index (χ2n) is 5.15. The lowest BCUT2D eigenvalue weighted by molar-refractivity contribution is 0.352. The topological polar surface area (TPSA) is 29.9 Å². The summed E-state index contributed by atoms with van der Waals surface area (Å²) in [6.07, 6.45) is 1.29. The molecule has 1 aliphatic heterocycles. The summed E-state index contributed by atoms with van der Waals surface area (Å²) in [7, 11) is 2.04. The van der Waals surface area contributed by atoms with Crippen LogP contribution in [0.1, 0.15) is 29.8 Å². The number of thiophene rings is 1. The number of aromatic nitrogens is 2. The third-order valence-corrected chi connectivity index (χ3v) is 5.24. The van der Waals surface area contributed by atoms with Crippen LogP contribution < -0.4 is 5.32 Å². The Hall–Kier alpha value is -0.870. The molecule has 17 heavy (non-hydrogen) atoms. The maximum absolute atomic E-state index is 4.47. The Labute approximate surface area is 106 Å². The highest BCUT2D eigenvalue weighted by Gasteiger charge is 2.25. The normalized spacial score (nSPS) is 25.6. The van der Waals surface area contributed by atoms with Crippen LogP contribution in [0, 0.1) is 12.8 Å². The Bertz CT molecular complexity index is 506. The van der Waals surface area contributed by atoms with Gasteiger partial charge in [0, 0.05) is 29.8 Å². The first-order valence-corrected chi connectivity index (χ1v) is 7.12. The SMILES string of the molecule is Cc1nn(C)c2sc(C3CNCCC3C)cc12. The average molecular weight is 249 g/mol. The van der Waals surface area contributed by atoms with Gasteiger partial charge in [0.25, 0.3) is 0 Å². The van der Waals surface area contributed by atoms with Gasteiger partial charge < -0.3 is 5.32 Å². The Kier molecular flexibility index (Phi) is 2.71. The van der Waals surface area contributed by atoms with E-state index in [2.05, 4.69) is 30.3 Å². The summed E-state index contributed by atoms with van der Waals surface area (Å²) < 4.78 is 2.01. The molecule has 4 heteroatoms. The van der Waals surface area contributed by atoms with Gasteiger partial charge in [-0.15, -0.1) is 11.3 Å². The van der Waals surface area contributed by atoms with Gasteiger partial charge in [-0.3, -0.25) is 4.68 Å². The van der Waals surface area contributed by atoms with Crippen molar-refractivity contribution in [3.63, 3.8) is 0 Å². The van der Waals surface area contributed by atoms with Gasteiger partial charge in [-0.05, 0) is 31.9 Å². The third kappa shape index (κ3) is 1.79. The number of hydrogen-bond acceptors (Lipinski definition) is 3. The van der Waals surface area contributed by atoms with Gasteiger partial charge in [0.15, 0.2) is 0 Å². The fraction of sp³-hybridized carbons (Fsp3) is 0.615. The summed E-state index contributed by atoms with van der Waals surface area (Å²) in [6.45, 7) is 6.77. The number of nitrogens with zero attached hydrogens (tertiary/aromatic N) is 2. The maximum Gasteiger partial charge on any atom is 0.121 e. The second-order valence-corrected chi connectivity index (χ2v) is 6.22. The largest absolute Gasteiger partial charge is 0.316 e. The van der Waals surface area contributed by atoms with Crippen LogP contribution in [0.2, 0.25) is 0 Å². The monoisotopic (exact) mass is 249 g/mol. The van der Waals surface area contributed by atoms with Crippen molar-refractivity contribution in [2.75, 3.05) is 13.1 Å². The fourth-order valence-corrected chi connectivity index (χ4v) is 4.13.